The van der Waals surface area contributed by atoms with Gasteiger partial charge in [0.25, 0.3) is 0 Å². The van der Waals surface area contributed by atoms with Gasteiger partial charge in [0.05, 0.1) is 5.69 Å². The minimum absolute atomic E-state index is 0.0875. The van der Waals surface area contributed by atoms with Gasteiger partial charge in [-0.05, 0) is 22.0 Å². The predicted molar refractivity (Wildman–Crippen MR) is 63.8 cm³/mol. The quantitative estimate of drug-likeness (QED) is 0.895. The van der Waals surface area contributed by atoms with Gasteiger partial charge in [-0.25, -0.2) is 18.7 Å². The van der Waals surface area contributed by atoms with E-state index in [1.165, 1.54) is 12.4 Å². The fourth-order valence-corrected chi connectivity index (χ4v) is 1.74. The van der Waals surface area contributed by atoms with Crippen LogP contribution in [-0.4, -0.2) is 9.97 Å². The molecule has 0 amide bonds. The Balaban J connectivity index is 2.36. The van der Waals surface area contributed by atoms with Crippen LogP contribution in [0.2, 0.25) is 0 Å². The molecule has 17 heavy (non-hydrogen) atoms. The number of aromatic nitrogens is 2. The van der Waals surface area contributed by atoms with Crippen LogP contribution >= 0.6 is 15.9 Å². The molecule has 1 aromatic carbocycles. The summed E-state index contributed by atoms with van der Waals surface area (Å²) in [6.07, 6.45) is 1.24. The number of hydrogen-bond acceptors (Lipinski definition) is 4. The van der Waals surface area contributed by atoms with E-state index in [-0.39, 0.29) is 16.0 Å². The molecule has 88 valence electrons. The molecule has 0 bridgehead atoms. The van der Waals surface area contributed by atoms with E-state index in [0.717, 1.165) is 12.1 Å². The minimum Gasteiger partial charge on any atom is -0.384 e. The van der Waals surface area contributed by atoms with Gasteiger partial charge in [0, 0.05) is 16.6 Å². The molecule has 0 saturated carbocycles. The van der Waals surface area contributed by atoms with Gasteiger partial charge in [-0.15, -0.1) is 0 Å². The summed E-state index contributed by atoms with van der Waals surface area (Å²) in [5.41, 5.74) is 5.54. The van der Waals surface area contributed by atoms with Crippen LogP contribution < -0.4 is 11.1 Å². The van der Waals surface area contributed by atoms with Crippen LogP contribution in [0.3, 0.4) is 0 Å². The Morgan fingerprint density at radius 3 is 2.59 bits per heavy atom. The van der Waals surface area contributed by atoms with Crippen LogP contribution in [-0.2, 0) is 0 Å². The molecule has 1 aromatic heterocycles. The van der Waals surface area contributed by atoms with Crippen LogP contribution in [0.15, 0.2) is 29.0 Å². The molecule has 7 heteroatoms. The highest BCUT2D eigenvalue weighted by Crippen LogP contribution is 2.29. The Hall–Kier alpha value is -1.76. The third-order valence-electron chi connectivity index (χ3n) is 1.95. The third kappa shape index (κ3) is 2.68. The number of anilines is 3. The van der Waals surface area contributed by atoms with Crippen LogP contribution in [0.1, 0.15) is 0 Å². The molecule has 1 heterocycles. The molecule has 0 fully saturated rings. The fraction of sp³-hybridized carbons (Fsp3) is 0. The highest BCUT2D eigenvalue weighted by Gasteiger charge is 2.10. The van der Waals surface area contributed by atoms with Crippen molar-refractivity contribution in [1.29, 1.82) is 0 Å². The molecular formula is C10H7BrF2N4. The Labute approximate surface area is 104 Å². The summed E-state index contributed by atoms with van der Waals surface area (Å²) < 4.78 is 26.6. The summed E-state index contributed by atoms with van der Waals surface area (Å²) in [4.78, 5) is 7.56. The first-order chi connectivity index (χ1) is 8.06. The van der Waals surface area contributed by atoms with Crippen molar-refractivity contribution in [3.63, 3.8) is 0 Å². The molecule has 2 aromatic rings. The highest BCUT2D eigenvalue weighted by atomic mass is 79.9. The summed E-state index contributed by atoms with van der Waals surface area (Å²) in [7, 11) is 0. The fourth-order valence-electron chi connectivity index (χ4n) is 1.23. The van der Waals surface area contributed by atoms with Gasteiger partial charge >= 0.3 is 0 Å². The Kier molecular flexibility index (Phi) is 3.19. The van der Waals surface area contributed by atoms with Crippen LogP contribution in [0.25, 0.3) is 0 Å². The van der Waals surface area contributed by atoms with Gasteiger partial charge in [0.2, 0.25) is 0 Å². The van der Waals surface area contributed by atoms with E-state index >= 15 is 0 Å². The van der Waals surface area contributed by atoms with Gasteiger partial charge < -0.3 is 11.1 Å². The maximum Gasteiger partial charge on any atom is 0.150 e. The highest BCUT2D eigenvalue weighted by molar-refractivity contribution is 9.10. The lowest BCUT2D eigenvalue weighted by atomic mass is 10.3. The summed E-state index contributed by atoms with van der Waals surface area (Å²) in [5.74, 6) is -0.818. The molecule has 3 N–H and O–H groups in total. The lowest BCUT2D eigenvalue weighted by Gasteiger charge is -2.09. The SMILES string of the molecule is Nc1cc(Nc2c(F)cc(F)cc2Br)ncn1. The van der Waals surface area contributed by atoms with E-state index in [9.17, 15) is 8.78 Å². The average Bonchev–Trinajstić information content (AvgIpc) is 2.23. The van der Waals surface area contributed by atoms with Gasteiger partial charge in [-0.3, -0.25) is 0 Å². The first-order valence-electron chi connectivity index (χ1n) is 4.55. The van der Waals surface area contributed by atoms with Gasteiger partial charge in [0.1, 0.15) is 23.8 Å². The molecule has 0 unspecified atom stereocenters. The lowest BCUT2D eigenvalue weighted by Crippen LogP contribution is -2.00. The topological polar surface area (TPSA) is 63.8 Å². The largest absolute Gasteiger partial charge is 0.384 e. The van der Waals surface area contributed by atoms with Crippen molar-refractivity contribution >= 4 is 33.3 Å². The Bertz CT molecular complexity index is 539. The summed E-state index contributed by atoms with van der Waals surface area (Å²) >= 11 is 3.06. The molecule has 0 aliphatic rings. The first-order valence-corrected chi connectivity index (χ1v) is 5.34. The van der Waals surface area contributed by atoms with E-state index in [0.29, 0.717) is 5.82 Å². The zero-order valence-corrected chi connectivity index (χ0v) is 10.0. The van der Waals surface area contributed by atoms with E-state index in [1.54, 1.807) is 0 Å². The van der Waals surface area contributed by atoms with Crippen molar-refractivity contribution in [2.45, 2.75) is 0 Å². The van der Waals surface area contributed by atoms with Crippen molar-refractivity contribution in [1.82, 2.24) is 9.97 Å². The van der Waals surface area contributed by atoms with Crippen molar-refractivity contribution in [2.75, 3.05) is 11.1 Å². The van der Waals surface area contributed by atoms with Crippen molar-refractivity contribution in [3.05, 3.63) is 40.6 Å². The number of nitrogens with zero attached hydrogens (tertiary/aromatic N) is 2. The molecule has 0 atom stereocenters. The standard InChI is InChI=1S/C10H7BrF2N4/c11-6-1-5(12)2-7(13)10(6)17-9-3-8(14)15-4-16-9/h1-4H,(H3,14,15,16,17). The van der Waals surface area contributed by atoms with Gasteiger partial charge in [0.15, 0.2) is 5.82 Å². The molecule has 2 rings (SSSR count). The summed E-state index contributed by atoms with van der Waals surface area (Å²) in [5, 5.41) is 2.69. The van der Waals surface area contributed by atoms with Crippen LogP contribution in [0.5, 0.6) is 0 Å². The van der Waals surface area contributed by atoms with Crippen LogP contribution in [0, 0.1) is 11.6 Å². The maximum atomic E-state index is 13.5. The maximum absolute atomic E-state index is 13.5. The molecule has 0 spiro atoms. The number of nitrogens with one attached hydrogen (secondary N) is 1. The normalized spacial score (nSPS) is 10.3. The third-order valence-corrected chi connectivity index (χ3v) is 2.57. The van der Waals surface area contributed by atoms with Crippen molar-refractivity contribution in [2.24, 2.45) is 0 Å². The second kappa shape index (κ2) is 4.62. The second-order valence-corrected chi connectivity index (χ2v) is 4.05. The Morgan fingerprint density at radius 2 is 1.94 bits per heavy atom. The molecule has 0 saturated heterocycles. The molecule has 0 aliphatic heterocycles. The number of benzene rings is 1. The smallest absolute Gasteiger partial charge is 0.150 e. The van der Waals surface area contributed by atoms with Crippen molar-refractivity contribution < 1.29 is 8.78 Å². The first kappa shape index (κ1) is 11.7. The molecule has 0 radical (unpaired) electrons. The van der Waals surface area contributed by atoms with Crippen LogP contribution in [0.4, 0.5) is 26.1 Å². The lowest BCUT2D eigenvalue weighted by molar-refractivity contribution is 0.584. The van der Waals surface area contributed by atoms with Gasteiger partial charge in [-0.1, -0.05) is 0 Å². The monoisotopic (exact) mass is 300 g/mol. The number of halogens is 3. The predicted octanol–water partition coefficient (Wildman–Crippen LogP) is 2.84. The van der Waals surface area contributed by atoms with E-state index in [1.807, 2.05) is 0 Å². The second-order valence-electron chi connectivity index (χ2n) is 3.20. The zero-order chi connectivity index (χ0) is 12.4. The van der Waals surface area contributed by atoms with E-state index < -0.39 is 11.6 Å². The van der Waals surface area contributed by atoms with E-state index in [4.69, 9.17) is 5.73 Å². The summed E-state index contributed by atoms with van der Waals surface area (Å²) in [6, 6.07) is 3.36. The average molecular weight is 301 g/mol. The van der Waals surface area contributed by atoms with E-state index in [2.05, 4.69) is 31.2 Å². The molecular weight excluding hydrogens is 294 g/mol. The number of hydrogen-bond donors (Lipinski definition) is 2. The van der Waals surface area contributed by atoms with Crippen molar-refractivity contribution in [3.8, 4) is 0 Å². The summed E-state index contributed by atoms with van der Waals surface area (Å²) in [6.45, 7) is 0. The number of rotatable bonds is 2. The minimum atomic E-state index is -0.728. The number of nitrogen functional groups attached to an aromatic ring is 1. The Morgan fingerprint density at radius 1 is 1.18 bits per heavy atom. The number of nitrogens with two attached hydrogens (primary N) is 1. The molecule has 4 nitrogen and oxygen atoms in total. The molecule has 0 aliphatic carbocycles. The van der Waals surface area contributed by atoms with Gasteiger partial charge in [-0.2, -0.15) is 0 Å². The zero-order valence-electron chi connectivity index (χ0n) is 8.42.